The largest absolute Gasteiger partial charge is 0.573 e. The minimum absolute atomic E-state index is 0.293. The number of aromatic nitrogens is 2. The maximum atomic E-state index is 12.1. The second-order valence-corrected chi connectivity index (χ2v) is 3.78. The first kappa shape index (κ1) is 12.6. The zero-order valence-corrected chi connectivity index (χ0v) is 9.68. The maximum Gasteiger partial charge on any atom is 0.573 e. The third-order valence-electron chi connectivity index (χ3n) is 2.10. The Kier molecular flexibility index (Phi) is 3.33. The van der Waals surface area contributed by atoms with Gasteiger partial charge in [0, 0.05) is 11.8 Å². The van der Waals surface area contributed by atoms with Crippen LogP contribution in [-0.4, -0.2) is 16.3 Å². The lowest BCUT2D eigenvalue weighted by Gasteiger charge is -2.09. The number of nitrogens with one attached hydrogen (secondary N) is 1. The lowest BCUT2D eigenvalue weighted by molar-refractivity contribution is -0.274. The average molecular weight is 272 g/mol. The van der Waals surface area contributed by atoms with Crippen LogP contribution in [0.2, 0.25) is 0 Å². The zero-order chi connectivity index (χ0) is 13.2. The quantitative estimate of drug-likeness (QED) is 0.847. The van der Waals surface area contributed by atoms with Gasteiger partial charge in [0.05, 0.1) is 6.33 Å². The Morgan fingerprint density at radius 2 is 2.06 bits per heavy atom. The van der Waals surface area contributed by atoms with Gasteiger partial charge in [0.15, 0.2) is 0 Å². The molecule has 18 heavy (non-hydrogen) atoms. The molecule has 3 nitrogen and oxygen atoms in total. The highest BCUT2D eigenvalue weighted by atomic mass is 32.1. The van der Waals surface area contributed by atoms with Crippen LogP contribution >= 0.6 is 12.2 Å². The van der Waals surface area contributed by atoms with Crippen molar-refractivity contribution in [3.8, 4) is 16.9 Å². The topological polar surface area (TPSA) is 37.9 Å². The molecule has 7 heteroatoms. The van der Waals surface area contributed by atoms with Gasteiger partial charge in [-0.05, 0) is 17.7 Å². The lowest BCUT2D eigenvalue weighted by Crippen LogP contribution is -2.17. The van der Waals surface area contributed by atoms with Crippen molar-refractivity contribution in [3.63, 3.8) is 0 Å². The molecule has 0 fully saturated rings. The van der Waals surface area contributed by atoms with Crippen LogP contribution in [0.15, 0.2) is 36.8 Å². The summed E-state index contributed by atoms with van der Waals surface area (Å²) in [5.74, 6) is -0.293. The molecule has 0 unspecified atom stereocenters. The highest BCUT2D eigenvalue weighted by molar-refractivity contribution is 7.71. The molecule has 0 amide bonds. The van der Waals surface area contributed by atoms with Crippen molar-refractivity contribution in [3.05, 3.63) is 41.4 Å². The molecular weight excluding hydrogens is 265 g/mol. The molecule has 2 aromatic rings. The molecule has 1 aromatic heterocycles. The molecule has 0 saturated heterocycles. The number of H-pyrrole nitrogens is 1. The SMILES string of the molecule is FC(F)(F)Oc1cccc(-c2cnc[nH]c2=S)c1. The van der Waals surface area contributed by atoms with Gasteiger partial charge in [-0.25, -0.2) is 4.98 Å². The van der Waals surface area contributed by atoms with Crippen LogP contribution in [0.5, 0.6) is 5.75 Å². The van der Waals surface area contributed by atoms with Crippen molar-refractivity contribution in [2.45, 2.75) is 6.36 Å². The van der Waals surface area contributed by atoms with E-state index in [0.717, 1.165) is 0 Å². The highest BCUT2D eigenvalue weighted by Gasteiger charge is 2.31. The predicted molar refractivity (Wildman–Crippen MR) is 61.5 cm³/mol. The second-order valence-electron chi connectivity index (χ2n) is 3.37. The van der Waals surface area contributed by atoms with Gasteiger partial charge >= 0.3 is 6.36 Å². The van der Waals surface area contributed by atoms with E-state index in [9.17, 15) is 13.2 Å². The molecule has 94 valence electrons. The summed E-state index contributed by atoms with van der Waals surface area (Å²) in [4.78, 5) is 6.55. The normalized spacial score (nSPS) is 11.3. The Hall–Kier alpha value is -1.89. The van der Waals surface area contributed by atoms with Gasteiger partial charge in [-0.1, -0.05) is 24.4 Å². The summed E-state index contributed by atoms with van der Waals surface area (Å²) in [5, 5.41) is 0. The van der Waals surface area contributed by atoms with Gasteiger partial charge in [0.25, 0.3) is 0 Å². The van der Waals surface area contributed by atoms with Gasteiger partial charge in [0.2, 0.25) is 0 Å². The second kappa shape index (κ2) is 4.77. The summed E-state index contributed by atoms with van der Waals surface area (Å²) >= 11 is 5.03. The number of hydrogen-bond donors (Lipinski definition) is 1. The number of halogens is 3. The molecule has 2 rings (SSSR count). The molecule has 0 aliphatic rings. The number of rotatable bonds is 2. The summed E-state index contributed by atoms with van der Waals surface area (Å²) < 4.78 is 40.5. The molecule has 1 heterocycles. The van der Waals surface area contributed by atoms with E-state index in [2.05, 4.69) is 14.7 Å². The van der Waals surface area contributed by atoms with Crippen molar-refractivity contribution in [1.29, 1.82) is 0 Å². The molecule has 0 bridgehead atoms. The molecule has 0 aliphatic heterocycles. The molecule has 0 saturated carbocycles. The minimum Gasteiger partial charge on any atom is -0.406 e. The number of benzene rings is 1. The standard InChI is InChI=1S/C11H7F3N2OS/c12-11(13,14)17-8-3-1-2-7(4-8)9-5-15-6-16-10(9)18/h1-6H,(H,15,16,18). The summed E-state index contributed by atoms with van der Waals surface area (Å²) in [6.45, 7) is 0. The molecule has 1 aromatic carbocycles. The van der Waals surface area contributed by atoms with Crippen LogP contribution in [0.1, 0.15) is 0 Å². The van der Waals surface area contributed by atoms with Crippen LogP contribution < -0.4 is 4.74 Å². The molecule has 1 N–H and O–H groups in total. The summed E-state index contributed by atoms with van der Waals surface area (Å²) in [6.07, 6.45) is -1.83. The maximum absolute atomic E-state index is 12.1. The number of alkyl halides is 3. The van der Waals surface area contributed by atoms with E-state index in [0.29, 0.717) is 15.8 Å². The molecular formula is C11H7F3N2OS. The fourth-order valence-corrected chi connectivity index (χ4v) is 1.63. The smallest absolute Gasteiger partial charge is 0.406 e. The summed E-state index contributed by atoms with van der Waals surface area (Å²) in [7, 11) is 0. The highest BCUT2D eigenvalue weighted by Crippen LogP contribution is 2.27. The molecule has 0 atom stereocenters. The monoisotopic (exact) mass is 272 g/mol. The van der Waals surface area contributed by atoms with E-state index in [1.165, 1.54) is 30.7 Å². The van der Waals surface area contributed by atoms with Crippen LogP contribution in [0.4, 0.5) is 13.2 Å². The zero-order valence-electron chi connectivity index (χ0n) is 8.86. The van der Waals surface area contributed by atoms with E-state index >= 15 is 0 Å². The number of aromatic amines is 1. The van der Waals surface area contributed by atoms with E-state index in [1.807, 2.05) is 0 Å². The Morgan fingerprint density at radius 1 is 1.28 bits per heavy atom. The van der Waals surface area contributed by atoms with Crippen molar-refractivity contribution in [1.82, 2.24) is 9.97 Å². The molecule has 0 radical (unpaired) electrons. The van der Waals surface area contributed by atoms with Crippen molar-refractivity contribution < 1.29 is 17.9 Å². The van der Waals surface area contributed by atoms with Gasteiger partial charge < -0.3 is 9.72 Å². The Balaban J connectivity index is 2.39. The van der Waals surface area contributed by atoms with Crippen molar-refractivity contribution >= 4 is 12.2 Å². The average Bonchev–Trinajstić information content (AvgIpc) is 2.27. The number of hydrogen-bond acceptors (Lipinski definition) is 3. The van der Waals surface area contributed by atoms with Gasteiger partial charge in [-0.15, -0.1) is 13.2 Å². The van der Waals surface area contributed by atoms with Gasteiger partial charge in [-0.3, -0.25) is 0 Å². The summed E-state index contributed by atoms with van der Waals surface area (Å²) in [6, 6.07) is 5.57. The van der Waals surface area contributed by atoms with Crippen LogP contribution in [0.25, 0.3) is 11.1 Å². The first-order chi connectivity index (χ1) is 8.46. The molecule has 0 spiro atoms. The number of ether oxygens (including phenoxy) is 1. The van der Waals surface area contributed by atoms with Gasteiger partial charge in [-0.2, -0.15) is 0 Å². The Morgan fingerprint density at radius 3 is 2.72 bits per heavy atom. The Bertz CT molecular complexity index is 609. The fraction of sp³-hybridized carbons (Fsp3) is 0.0909. The van der Waals surface area contributed by atoms with Crippen LogP contribution in [0, 0.1) is 4.64 Å². The van der Waals surface area contributed by atoms with E-state index < -0.39 is 6.36 Å². The minimum atomic E-state index is -4.71. The third-order valence-corrected chi connectivity index (χ3v) is 2.43. The first-order valence-corrected chi connectivity index (χ1v) is 5.25. The Labute approximate surface area is 105 Å². The van der Waals surface area contributed by atoms with E-state index in [1.54, 1.807) is 6.07 Å². The third kappa shape index (κ3) is 3.07. The van der Waals surface area contributed by atoms with Gasteiger partial charge in [0.1, 0.15) is 10.4 Å². The van der Waals surface area contributed by atoms with Crippen molar-refractivity contribution in [2.75, 3.05) is 0 Å². The first-order valence-electron chi connectivity index (χ1n) is 4.84. The number of nitrogens with zero attached hydrogens (tertiary/aromatic N) is 1. The molecule has 0 aliphatic carbocycles. The van der Waals surface area contributed by atoms with Crippen LogP contribution in [0.3, 0.4) is 0 Å². The lowest BCUT2D eigenvalue weighted by atomic mass is 10.1. The summed E-state index contributed by atoms with van der Waals surface area (Å²) in [5.41, 5.74) is 1.05. The van der Waals surface area contributed by atoms with E-state index in [-0.39, 0.29) is 5.75 Å². The van der Waals surface area contributed by atoms with Crippen molar-refractivity contribution in [2.24, 2.45) is 0 Å². The van der Waals surface area contributed by atoms with E-state index in [4.69, 9.17) is 12.2 Å². The predicted octanol–water partition coefficient (Wildman–Crippen LogP) is 3.70. The fourth-order valence-electron chi connectivity index (χ4n) is 1.41. The van der Waals surface area contributed by atoms with Crippen LogP contribution in [-0.2, 0) is 0 Å².